The maximum Gasteiger partial charge on any atom is 0.229 e. The molecule has 1 saturated heterocycles. The Balaban J connectivity index is 1.28. The minimum absolute atomic E-state index is 0.0430. The van der Waals surface area contributed by atoms with E-state index >= 15 is 0 Å². The van der Waals surface area contributed by atoms with Crippen LogP contribution in [0.2, 0.25) is 10.0 Å². The van der Waals surface area contributed by atoms with E-state index in [-0.39, 0.29) is 11.8 Å². The molecule has 0 bridgehead atoms. The van der Waals surface area contributed by atoms with Crippen molar-refractivity contribution in [1.82, 2.24) is 19.7 Å². The fourth-order valence-electron chi connectivity index (χ4n) is 4.12. The van der Waals surface area contributed by atoms with Crippen LogP contribution in [0.25, 0.3) is 17.2 Å². The van der Waals surface area contributed by atoms with Crippen LogP contribution in [0.5, 0.6) is 0 Å². The number of aromatic nitrogens is 4. The van der Waals surface area contributed by atoms with Gasteiger partial charge in [0.05, 0.1) is 16.0 Å². The molecular weight excluding hydrogens is 471 g/mol. The number of anilines is 2. The fraction of sp³-hybridized carbons (Fsp3) is 0.200. The zero-order valence-electron chi connectivity index (χ0n) is 18.2. The van der Waals surface area contributed by atoms with Crippen LogP contribution < -0.4 is 10.2 Å². The van der Waals surface area contributed by atoms with Crippen molar-refractivity contribution in [3.05, 3.63) is 83.1 Å². The lowest BCUT2D eigenvalue weighted by atomic mass is 9.97. The molecule has 3 heterocycles. The van der Waals surface area contributed by atoms with E-state index in [1.165, 1.54) is 0 Å². The van der Waals surface area contributed by atoms with Crippen molar-refractivity contribution in [2.45, 2.75) is 12.8 Å². The quantitative estimate of drug-likeness (QED) is 0.398. The Kier molecular flexibility index (Phi) is 6.47. The van der Waals surface area contributed by atoms with Crippen molar-refractivity contribution < 1.29 is 4.79 Å². The first-order valence-corrected chi connectivity index (χ1v) is 11.8. The average molecular weight is 493 g/mol. The van der Waals surface area contributed by atoms with Gasteiger partial charge in [-0.3, -0.25) is 9.36 Å². The van der Waals surface area contributed by atoms with Crippen LogP contribution in [-0.4, -0.2) is 38.7 Å². The van der Waals surface area contributed by atoms with Crippen LogP contribution >= 0.6 is 23.2 Å². The zero-order chi connectivity index (χ0) is 23.5. The molecule has 9 heteroatoms. The van der Waals surface area contributed by atoms with Gasteiger partial charge < -0.3 is 10.2 Å². The molecule has 5 rings (SSSR count). The number of halogens is 2. The standard InChI is InChI=1S/C25H22Cl2N6O/c26-20-9-8-19(15-21(20)27)29-25(34)18-7-4-13-32(16-18)22-10-11-23(31-30-22)33-14-12-28-24(33)17-5-2-1-3-6-17/h1-3,5-6,8-12,14-15,18H,4,7,13,16H2,(H,29,34). The number of nitrogens with zero attached hydrogens (tertiary/aromatic N) is 5. The lowest BCUT2D eigenvalue weighted by molar-refractivity contribution is -0.120. The highest BCUT2D eigenvalue weighted by Gasteiger charge is 2.27. The molecule has 172 valence electrons. The number of hydrogen-bond acceptors (Lipinski definition) is 5. The van der Waals surface area contributed by atoms with Crippen molar-refractivity contribution in [2.24, 2.45) is 5.92 Å². The summed E-state index contributed by atoms with van der Waals surface area (Å²) in [6, 6.07) is 18.9. The highest BCUT2D eigenvalue weighted by atomic mass is 35.5. The van der Waals surface area contributed by atoms with Crippen molar-refractivity contribution >= 4 is 40.6 Å². The van der Waals surface area contributed by atoms with Crippen molar-refractivity contribution in [3.63, 3.8) is 0 Å². The number of imidazole rings is 1. The highest BCUT2D eigenvalue weighted by Crippen LogP contribution is 2.27. The van der Waals surface area contributed by atoms with Crippen LogP contribution in [0.1, 0.15) is 12.8 Å². The maximum atomic E-state index is 12.9. The zero-order valence-corrected chi connectivity index (χ0v) is 19.7. The minimum atomic E-state index is -0.164. The van der Waals surface area contributed by atoms with Crippen molar-refractivity contribution in [1.29, 1.82) is 0 Å². The summed E-state index contributed by atoms with van der Waals surface area (Å²) in [5.41, 5.74) is 1.64. The Hall–Kier alpha value is -3.42. The van der Waals surface area contributed by atoms with E-state index in [0.717, 1.165) is 36.6 Å². The van der Waals surface area contributed by atoms with E-state index in [9.17, 15) is 4.79 Å². The van der Waals surface area contributed by atoms with E-state index in [4.69, 9.17) is 23.2 Å². The summed E-state index contributed by atoms with van der Waals surface area (Å²) in [6.07, 6.45) is 5.32. The van der Waals surface area contributed by atoms with Gasteiger partial charge in [-0.25, -0.2) is 4.98 Å². The summed E-state index contributed by atoms with van der Waals surface area (Å²) in [5, 5.41) is 12.7. The molecule has 34 heavy (non-hydrogen) atoms. The van der Waals surface area contributed by atoms with E-state index in [1.807, 2.05) is 53.2 Å². The molecule has 7 nitrogen and oxygen atoms in total. The summed E-state index contributed by atoms with van der Waals surface area (Å²) in [4.78, 5) is 19.4. The fourth-order valence-corrected chi connectivity index (χ4v) is 4.42. The summed E-state index contributed by atoms with van der Waals surface area (Å²) in [7, 11) is 0. The molecule has 1 aliphatic rings. The number of amides is 1. The third-order valence-corrected chi connectivity index (χ3v) is 6.60. The van der Waals surface area contributed by atoms with E-state index in [1.54, 1.807) is 24.4 Å². The summed E-state index contributed by atoms with van der Waals surface area (Å²) >= 11 is 12.0. The van der Waals surface area contributed by atoms with Gasteiger partial charge in [0, 0.05) is 36.7 Å². The normalized spacial score (nSPS) is 15.8. The Morgan fingerprint density at radius 3 is 2.53 bits per heavy atom. The van der Waals surface area contributed by atoms with Crippen LogP contribution in [0, 0.1) is 5.92 Å². The number of nitrogens with one attached hydrogen (secondary N) is 1. The molecule has 2 aromatic heterocycles. The lowest BCUT2D eigenvalue weighted by Crippen LogP contribution is -2.41. The number of hydrogen-bond donors (Lipinski definition) is 1. The van der Waals surface area contributed by atoms with Crippen LogP contribution in [0.4, 0.5) is 11.5 Å². The number of carbonyl (C=O) groups excluding carboxylic acids is 1. The minimum Gasteiger partial charge on any atom is -0.354 e. The van der Waals surface area contributed by atoms with Gasteiger partial charge >= 0.3 is 0 Å². The highest BCUT2D eigenvalue weighted by molar-refractivity contribution is 6.42. The molecular formula is C25H22Cl2N6O. The SMILES string of the molecule is O=C(Nc1ccc(Cl)c(Cl)c1)C1CCCN(c2ccc(-n3ccnc3-c3ccccc3)nn2)C1. The predicted molar refractivity (Wildman–Crippen MR) is 135 cm³/mol. The Bertz CT molecular complexity index is 1290. The average Bonchev–Trinajstić information content (AvgIpc) is 3.37. The Labute approximate surface area is 207 Å². The maximum absolute atomic E-state index is 12.9. The third-order valence-electron chi connectivity index (χ3n) is 5.86. The third kappa shape index (κ3) is 4.76. The first kappa shape index (κ1) is 22.4. The van der Waals surface area contributed by atoms with Gasteiger partial charge in [0.2, 0.25) is 5.91 Å². The molecule has 1 aliphatic heterocycles. The smallest absolute Gasteiger partial charge is 0.229 e. The monoisotopic (exact) mass is 492 g/mol. The summed E-state index contributed by atoms with van der Waals surface area (Å²) in [5.74, 6) is 2.03. The Morgan fingerprint density at radius 1 is 0.971 bits per heavy atom. The lowest BCUT2D eigenvalue weighted by Gasteiger charge is -2.32. The summed E-state index contributed by atoms with van der Waals surface area (Å²) in [6.45, 7) is 1.40. The molecule has 0 radical (unpaired) electrons. The Morgan fingerprint density at radius 2 is 1.76 bits per heavy atom. The number of carbonyl (C=O) groups is 1. The second kappa shape index (κ2) is 9.83. The number of benzene rings is 2. The molecule has 0 saturated carbocycles. The van der Waals surface area contributed by atoms with Gasteiger partial charge in [-0.1, -0.05) is 53.5 Å². The first-order chi connectivity index (χ1) is 16.6. The van der Waals surface area contributed by atoms with Gasteiger partial charge in [-0.2, -0.15) is 0 Å². The van der Waals surface area contributed by atoms with Gasteiger partial charge in [-0.15, -0.1) is 10.2 Å². The van der Waals surface area contributed by atoms with E-state index < -0.39 is 0 Å². The molecule has 1 unspecified atom stereocenters. The molecule has 2 aromatic carbocycles. The topological polar surface area (TPSA) is 75.9 Å². The van der Waals surface area contributed by atoms with Gasteiger partial charge in [0.15, 0.2) is 11.6 Å². The van der Waals surface area contributed by atoms with Crippen LogP contribution in [0.3, 0.4) is 0 Å². The molecule has 1 amide bonds. The second-order valence-corrected chi connectivity index (χ2v) is 8.95. The largest absolute Gasteiger partial charge is 0.354 e. The van der Waals surface area contributed by atoms with Crippen molar-refractivity contribution in [2.75, 3.05) is 23.3 Å². The molecule has 1 atom stereocenters. The molecule has 1 fully saturated rings. The van der Waals surface area contributed by atoms with Crippen molar-refractivity contribution in [3.8, 4) is 17.2 Å². The van der Waals surface area contributed by atoms with Crippen LogP contribution in [0.15, 0.2) is 73.1 Å². The molecule has 0 aliphatic carbocycles. The van der Waals surface area contributed by atoms with Gasteiger partial charge in [0.1, 0.15) is 5.82 Å². The molecule has 4 aromatic rings. The van der Waals surface area contributed by atoms with E-state index in [0.29, 0.717) is 28.1 Å². The van der Waals surface area contributed by atoms with E-state index in [2.05, 4.69) is 25.4 Å². The predicted octanol–water partition coefficient (Wildman–Crippen LogP) is 5.49. The number of rotatable bonds is 5. The second-order valence-electron chi connectivity index (χ2n) is 8.14. The van der Waals surface area contributed by atoms with Gasteiger partial charge in [0.25, 0.3) is 0 Å². The summed E-state index contributed by atoms with van der Waals surface area (Å²) < 4.78 is 1.91. The number of piperidine rings is 1. The van der Waals surface area contributed by atoms with Gasteiger partial charge in [-0.05, 0) is 43.2 Å². The first-order valence-electron chi connectivity index (χ1n) is 11.0. The molecule has 0 spiro atoms. The van der Waals surface area contributed by atoms with Crippen LogP contribution in [-0.2, 0) is 4.79 Å². The molecule has 1 N–H and O–H groups in total.